The Morgan fingerprint density at radius 1 is 1.42 bits per heavy atom. The molecule has 0 saturated heterocycles. The van der Waals surface area contributed by atoms with Crippen LogP contribution in [0.15, 0.2) is 18.2 Å². The Morgan fingerprint density at radius 3 is 2.63 bits per heavy atom. The number of nitro groups is 1. The quantitative estimate of drug-likeness (QED) is 0.448. The van der Waals surface area contributed by atoms with E-state index in [-0.39, 0.29) is 18.1 Å². The molecule has 6 nitrogen and oxygen atoms in total. The van der Waals surface area contributed by atoms with Crippen LogP contribution in [0.4, 0.5) is 11.4 Å². The highest BCUT2D eigenvalue weighted by atomic mass is 16.6. The normalized spacial score (nSPS) is 10.1. The van der Waals surface area contributed by atoms with Crippen molar-refractivity contribution in [2.45, 2.75) is 20.3 Å². The molecule has 0 unspecified atom stereocenters. The predicted octanol–water partition coefficient (Wildman–Crippen LogP) is 2.29. The molecule has 0 heterocycles. The number of esters is 1. The van der Waals surface area contributed by atoms with Crippen LogP contribution < -0.4 is 4.90 Å². The molecule has 19 heavy (non-hydrogen) atoms. The van der Waals surface area contributed by atoms with Crippen molar-refractivity contribution in [3.8, 4) is 0 Å². The summed E-state index contributed by atoms with van der Waals surface area (Å²) in [4.78, 5) is 23.5. The standard InChI is InChI=1S/C13H18N2O4/c1-4-14(6-5-13(16)19-3)11-7-10(2)8-12(9-11)15(17)18/h7-9H,4-6H2,1-3H3. The van der Waals surface area contributed by atoms with Crippen molar-refractivity contribution >= 4 is 17.3 Å². The summed E-state index contributed by atoms with van der Waals surface area (Å²) in [5.41, 5.74) is 1.63. The Balaban J connectivity index is 2.91. The van der Waals surface area contributed by atoms with Gasteiger partial charge in [0, 0.05) is 30.9 Å². The van der Waals surface area contributed by atoms with E-state index in [1.54, 1.807) is 0 Å². The molecule has 0 aliphatic carbocycles. The van der Waals surface area contributed by atoms with E-state index >= 15 is 0 Å². The number of hydrogen-bond donors (Lipinski definition) is 0. The first-order valence-corrected chi connectivity index (χ1v) is 6.05. The molecule has 0 aliphatic rings. The van der Waals surface area contributed by atoms with E-state index in [4.69, 9.17) is 0 Å². The number of nitrogens with zero attached hydrogens (tertiary/aromatic N) is 2. The lowest BCUT2D eigenvalue weighted by atomic mass is 10.1. The fourth-order valence-corrected chi connectivity index (χ4v) is 1.83. The van der Waals surface area contributed by atoms with E-state index in [0.29, 0.717) is 13.1 Å². The molecule has 1 aromatic carbocycles. The van der Waals surface area contributed by atoms with Gasteiger partial charge < -0.3 is 9.64 Å². The molecule has 0 aliphatic heterocycles. The second-order valence-corrected chi connectivity index (χ2v) is 4.19. The van der Waals surface area contributed by atoms with E-state index in [1.165, 1.54) is 19.2 Å². The molecular formula is C13H18N2O4. The molecule has 1 rings (SSSR count). The number of ether oxygens (including phenoxy) is 1. The molecule has 104 valence electrons. The number of anilines is 1. The van der Waals surface area contributed by atoms with Crippen LogP contribution in [0.3, 0.4) is 0 Å². The van der Waals surface area contributed by atoms with Gasteiger partial charge in [0.1, 0.15) is 0 Å². The van der Waals surface area contributed by atoms with Gasteiger partial charge in [0.2, 0.25) is 0 Å². The maximum absolute atomic E-state index is 11.1. The second-order valence-electron chi connectivity index (χ2n) is 4.19. The van der Waals surface area contributed by atoms with Crippen molar-refractivity contribution in [1.29, 1.82) is 0 Å². The molecule has 6 heteroatoms. The maximum Gasteiger partial charge on any atom is 0.307 e. The fraction of sp³-hybridized carbons (Fsp3) is 0.462. The SMILES string of the molecule is CCN(CCC(=O)OC)c1cc(C)cc([N+](=O)[O-])c1. The van der Waals surface area contributed by atoms with Crippen molar-refractivity contribution in [2.24, 2.45) is 0 Å². The number of nitro benzene ring substituents is 1. The highest BCUT2D eigenvalue weighted by Gasteiger charge is 2.13. The summed E-state index contributed by atoms with van der Waals surface area (Å²) in [6.07, 6.45) is 0.256. The van der Waals surface area contributed by atoms with Gasteiger partial charge in [-0.3, -0.25) is 14.9 Å². The average Bonchev–Trinajstić information content (AvgIpc) is 2.38. The molecular weight excluding hydrogens is 248 g/mol. The zero-order valence-corrected chi connectivity index (χ0v) is 11.4. The lowest BCUT2D eigenvalue weighted by molar-refractivity contribution is -0.384. The molecule has 0 bridgehead atoms. The maximum atomic E-state index is 11.1. The molecule has 0 N–H and O–H groups in total. The summed E-state index contributed by atoms with van der Waals surface area (Å²) >= 11 is 0. The van der Waals surface area contributed by atoms with Crippen LogP contribution in [0.25, 0.3) is 0 Å². The molecule has 0 aromatic heterocycles. The Morgan fingerprint density at radius 2 is 2.11 bits per heavy atom. The van der Waals surface area contributed by atoms with Gasteiger partial charge in [-0.2, -0.15) is 0 Å². The monoisotopic (exact) mass is 266 g/mol. The first-order chi connectivity index (χ1) is 8.97. The van der Waals surface area contributed by atoms with Crippen LogP contribution in [-0.2, 0) is 9.53 Å². The van der Waals surface area contributed by atoms with Gasteiger partial charge in [0.25, 0.3) is 5.69 Å². The zero-order chi connectivity index (χ0) is 14.4. The molecule has 0 spiro atoms. The van der Waals surface area contributed by atoms with Crippen molar-refractivity contribution in [3.63, 3.8) is 0 Å². The summed E-state index contributed by atoms with van der Waals surface area (Å²) in [6, 6.07) is 4.92. The summed E-state index contributed by atoms with van der Waals surface area (Å²) < 4.78 is 4.59. The number of carbonyl (C=O) groups excluding carboxylic acids is 1. The number of rotatable bonds is 6. The summed E-state index contributed by atoms with van der Waals surface area (Å²) in [6.45, 7) is 4.89. The van der Waals surface area contributed by atoms with Crippen LogP contribution in [-0.4, -0.2) is 31.1 Å². The van der Waals surface area contributed by atoms with Gasteiger partial charge in [-0.1, -0.05) is 0 Å². The van der Waals surface area contributed by atoms with E-state index in [9.17, 15) is 14.9 Å². The minimum Gasteiger partial charge on any atom is -0.469 e. The van der Waals surface area contributed by atoms with Crippen molar-refractivity contribution in [3.05, 3.63) is 33.9 Å². The number of methoxy groups -OCH3 is 1. The lowest BCUT2D eigenvalue weighted by Crippen LogP contribution is -2.26. The topological polar surface area (TPSA) is 72.7 Å². The first-order valence-electron chi connectivity index (χ1n) is 6.05. The largest absolute Gasteiger partial charge is 0.469 e. The first kappa shape index (κ1) is 14.9. The van der Waals surface area contributed by atoms with E-state index in [2.05, 4.69) is 4.74 Å². The van der Waals surface area contributed by atoms with Gasteiger partial charge in [-0.05, 0) is 25.5 Å². The van der Waals surface area contributed by atoms with Gasteiger partial charge >= 0.3 is 5.97 Å². The van der Waals surface area contributed by atoms with Crippen molar-refractivity contribution in [1.82, 2.24) is 0 Å². The fourth-order valence-electron chi connectivity index (χ4n) is 1.83. The van der Waals surface area contributed by atoms with Crippen LogP contribution in [0.5, 0.6) is 0 Å². The smallest absolute Gasteiger partial charge is 0.307 e. The Labute approximate surface area is 112 Å². The van der Waals surface area contributed by atoms with Crippen LogP contribution in [0, 0.1) is 17.0 Å². The highest BCUT2D eigenvalue weighted by Crippen LogP contribution is 2.23. The van der Waals surface area contributed by atoms with Gasteiger partial charge in [-0.25, -0.2) is 0 Å². The minimum absolute atomic E-state index is 0.0616. The molecule has 1 aromatic rings. The highest BCUT2D eigenvalue weighted by molar-refractivity contribution is 5.70. The number of non-ortho nitro benzene ring substituents is 1. The van der Waals surface area contributed by atoms with Crippen LogP contribution in [0.2, 0.25) is 0 Å². The van der Waals surface area contributed by atoms with Gasteiger partial charge in [-0.15, -0.1) is 0 Å². The van der Waals surface area contributed by atoms with Crippen molar-refractivity contribution in [2.75, 3.05) is 25.1 Å². The number of aryl methyl sites for hydroxylation is 1. The summed E-state index contributed by atoms with van der Waals surface area (Å²) in [5.74, 6) is -0.291. The molecule has 0 fully saturated rings. The number of hydrogen-bond acceptors (Lipinski definition) is 5. The molecule has 0 atom stereocenters. The van der Waals surface area contributed by atoms with Crippen LogP contribution in [0.1, 0.15) is 18.9 Å². The third-order valence-corrected chi connectivity index (χ3v) is 2.82. The third-order valence-electron chi connectivity index (χ3n) is 2.82. The minimum atomic E-state index is -0.412. The lowest BCUT2D eigenvalue weighted by Gasteiger charge is -2.22. The van der Waals surface area contributed by atoms with E-state index < -0.39 is 4.92 Å². The third kappa shape index (κ3) is 4.24. The number of carbonyl (C=O) groups is 1. The van der Waals surface area contributed by atoms with Crippen LogP contribution >= 0.6 is 0 Å². The van der Waals surface area contributed by atoms with Gasteiger partial charge in [0.15, 0.2) is 0 Å². The molecule has 0 amide bonds. The number of benzene rings is 1. The Kier molecular flexibility index (Phi) is 5.29. The van der Waals surface area contributed by atoms with E-state index in [0.717, 1.165) is 11.3 Å². The predicted molar refractivity (Wildman–Crippen MR) is 72.4 cm³/mol. The zero-order valence-electron chi connectivity index (χ0n) is 11.4. The average molecular weight is 266 g/mol. The molecule has 0 saturated carbocycles. The van der Waals surface area contributed by atoms with E-state index in [1.807, 2.05) is 24.8 Å². The van der Waals surface area contributed by atoms with Gasteiger partial charge in [0.05, 0.1) is 18.5 Å². The Bertz CT molecular complexity index is 474. The summed E-state index contributed by atoms with van der Waals surface area (Å²) in [7, 11) is 1.34. The summed E-state index contributed by atoms with van der Waals surface area (Å²) in [5, 5.41) is 10.8. The Hall–Kier alpha value is -2.11. The second kappa shape index (κ2) is 6.72. The molecule has 0 radical (unpaired) electrons. The van der Waals surface area contributed by atoms with Crippen molar-refractivity contribution < 1.29 is 14.5 Å².